The number of hydrogen-bond acceptors (Lipinski definition) is 6. The normalized spacial score (nSPS) is 12.3. The van der Waals surface area contributed by atoms with Crippen molar-refractivity contribution in [1.82, 2.24) is 19.1 Å². The van der Waals surface area contributed by atoms with E-state index in [4.69, 9.17) is 4.74 Å². The molecule has 1 aromatic carbocycles. The predicted molar refractivity (Wildman–Crippen MR) is 112 cm³/mol. The molecule has 1 unspecified atom stereocenters. The minimum absolute atomic E-state index is 0.0600. The molecule has 0 radical (unpaired) electrons. The fourth-order valence-electron chi connectivity index (χ4n) is 3.30. The van der Waals surface area contributed by atoms with Gasteiger partial charge >= 0.3 is 5.69 Å². The molecule has 0 aliphatic heterocycles. The van der Waals surface area contributed by atoms with Gasteiger partial charge in [-0.05, 0) is 38.5 Å². The number of nitrogens with one attached hydrogen (secondary N) is 1. The summed E-state index contributed by atoms with van der Waals surface area (Å²) in [5.74, 6) is 1.20. The molecular weight excluding hydrogens is 374 g/mol. The summed E-state index contributed by atoms with van der Waals surface area (Å²) in [7, 11) is 1.56. The van der Waals surface area contributed by atoms with Gasteiger partial charge in [-0.1, -0.05) is 12.1 Å². The van der Waals surface area contributed by atoms with Gasteiger partial charge in [-0.15, -0.1) is 0 Å². The molecule has 9 nitrogen and oxygen atoms in total. The molecule has 1 atom stereocenters. The lowest BCUT2D eigenvalue weighted by atomic mass is 10.2. The maximum absolute atomic E-state index is 12.5. The molecule has 156 valence electrons. The summed E-state index contributed by atoms with van der Waals surface area (Å²) in [6.07, 6.45) is -0.876. The molecule has 9 heteroatoms. The first-order valence-corrected chi connectivity index (χ1v) is 9.67. The lowest BCUT2D eigenvalue weighted by Crippen LogP contribution is -2.32. The van der Waals surface area contributed by atoms with Gasteiger partial charge in [0.2, 0.25) is 5.95 Å². The quantitative estimate of drug-likeness (QED) is 0.584. The van der Waals surface area contributed by atoms with Crippen LogP contribution in [0.15, 0.2) is 33.9 Å². The lowest BCUT2D eigenvalue weighted by molar-refractivity contribution is 0.0936. The van der Waals surface area contributed by atoms with Crippen molar-refractivity contribution < 1.29 is 9.84 Å². The summed E-state index contributed by atoms with van der Waals surface area (Å²) in [4.78, 5) is 33.3. The summed E-state index contributed by atoms with van der Waals surface area (Å²) in [5.41, 5.74) is 0.548. The second-order valence-electron chi connectivity index (χ2n) is 6.97. The van der Waals surface area contributed by atoms with Crippen LogP contribution >= 0.6 is 0 Å². The molecule has 2 heterocycles. The third kappa shape index (κ3) is 4.19. The monoisotopic (exact) mass is 401 g/mol. The third-order valence-corrected chi connectivity index (χ3v) is 4.86. The number of imidazole rings is 1. The Hall–Kier alpha value is -3.07. The molecule has 0 aliphatic rings. The number of anilines is 1. The molecule has 0 fully saturated rings. The van der Waals surface area contributed by atoms with Crippen LogP contribution in [0.3, 0.4) is 0 Å². The summed E-state index contributed by atoms with van der Waals surface area (Å²) in [6, 6.07) is 7.57. The first-order valence-electron chi connectivity index (χ1n) is 9.67. The fourth-order valence-corrected chi connectivity index (χ4v) is 3.30. The van der Waals surface area contributed by atoms with Crippen molar-refractivity contribution in [2.75, 3.05) is 24.6 Å². The van der Waals surface area contributed by atoms with E-state index >= 15 is 0 Å². The van der Waals surface area contributed by atoms with E-state index in [1.54, 1.807) is 11.6 Å². The van der Waals surface area contributed by atoms with Crippen LogP contribution in [-0.2, 0) is 13.6 Å². The predicted octanol–water partition coefficient (Wildman–Crippen LogP) is 1.02. The molecule has 0 bridgehead atoms. The van der Waals surface area contributed by atoms with E-state index in [0.717, 1.165) is 5.56 Å². The molecule has 0 saturated heterocycles. The molecule has 2 N–H and O–H groups in total. The first-order chi connectivity index (χ1) is 13.8. The Kier molecular flexibility index (Phi) is 6.07. The van der Waals surface area contributed by atoms with Crippen molar-refractivity contribution in [2.45, 2.75) is 33.4 Å². The Balaban J connectivity index is 1.96. The molecule has 0 spiro atoms. The van der Waals surface area contributed by atoms with Crippen molar-refractivity contribution in [2.24, 2.45) is 7.05 Å². The minimum Gasteiger partial charge on any atom is -0.491 e. The van der Waals surface area contributed by atoms with E-state index in [0.29, 0.717) is 24.8 Å². The van der Waals surface area contributed by atoms with Gasteiger partial charge < -0.3 is 19.3 Å². The van der Waals surface area contributed by atoms with Crippen LogP contribution in [0.4, 0.5) is 5.95 Å². The molecule has 29 heavy (non-hydrogen) atoms. The van der Waals surface area contributed by atoms with Crippen molar-refractivity contribution in [3.8, 4) is 5.75 Å². The van der Waals surface area contributed by atoms with Crippen LogP contribution in [0, 0.1) is 6.92 Å². The highest BCUT2D eigenvalue weighted by Crippen LogP contribution is 2.20. The SMILES string of the molecule is CCN(CC)c1nc2c(c(=O)[nH]c(=O)n2C)n1CC(O)COc1cccc(C)c1. The number of ether oxygens (including phenoxy) is 1. The van der Waals surface area contributed by atoms with Gasteiger partial charge in [0.15, 0.2) is 11.2 Å². The standard InChI is InChI=1S/C20H27N5O4/c1-5-24(6-2)19-21-17-16(18(27)22-20(28)23(17)4)25(19)11-14(26)12-29-15-9-7-8-13(3)10-15/h7-10,14,26H,5-6,11-12H2,1-4H3,(H,22,27,28). The minimum atomic E-state index is -0.876. The number of fused-ring (bicyclic) bond motifs is 1. The molecule has 0 amide bonds. The number of nitrogens with zero attached hydrogens (tertiary/aromatic N) is 4. The highest BCUT2D eigenvalue weighted by molar-refractivity contribution is 5.74. The number of aliphatic hydroxyl groups excluding tert-OH is 1. The smallest absolute Gasteiger partial charge is 0.329 e. The van der Waals surface area contributed by atoms with E-state index in [2.05, 4.69) is 9.97 Å². The number of rotatable bonds is 8. The number of benzene rings is 1. The maximum Gasteiger partial charge on any atom is 0.329 e. The Labute approximate surface area is 168 Å². The van der Waals surface area contributed by atoms with E-state index in [1.165, 1.54) is 4.57 Å². The van der Waals surface area contributed by atoms with Crippen molar-refractivity contribution in [3.63, 3.8) is 0 Å². The summed E-state index contributed by atoms with van der Waals surface area (Å²) >= 11 is 0. The number of hydrogen-bond donors (Lipinski definition) is 2. The number of aryl methyl sites for hydroxylation is 2. The average molecular weight is 401 g/mol. The molecular formula is C20H27N5O4. The van der Waals surface area contributed by atoms with Crippen LogP contribution in [-0.4, -0.2) is 50.0 Å². The van der Waals surface area contributed by atoms with Gasteiger partial charge in [-0.25, -0.2) is 4.79 Å². The fraction of sp³-hybridized carbons (Fsp3) is 0.450. The van der Waals surface area contributed by atoms with Gasteiger partial charge in [-0.2, -0.15) is 4.98 Å². The first kappa shape index (κ1) is 20.7. The topological polar surface area (TPSA) is 105 Å². The number of H-pyrrole nitrogens is 1. The zero-order chi connectivity index (χ0) is 21.1. The Morgan fingerprint density at radius 2 is 2.00 bits per heavy atom. The maximum atomic E-state index is 12.5. The molecule has 2 aromatic heterocycles. The number of aromatic nitrogens is 4. The largest absolute Gasteiger partial charge is 0.491 e. The van der Waals surface area contributed by atoms with Crippen LogP contribution in [0.25, 0.3) is 11.2 Å². The van der Waals surface area contributed by atoms with Crippen molar-refractivity contribution in [3.05, 3.63) is 50.7 Å². The second-order valence-corrected chi connectivity index (χ2v) is 6.97. The van der Waals surface area contributed by atoms with Crippen molar-refractivity contribution in [1.29, 1.82) is 0 Å². The second kappa shape index (κ2) is 8.52. The molecule has 0 aliphatic carbocycles. The number of aromatic amines is 1. The summed E-state index contributed by atoms with van der Waals surface area (Å²) in [5, 5.41) is 10.6. The van der Waals surface area contributed by atoms with Crippen molar-refractivity contribution >= 4 is 17.1 Å². The third-order valence-electron chi connectivity index (χ3n) is 4.86. The zero-order valence-corrected chi connectivity index (χ0v) is 17.2. The van der Waals surface area contributed by atoms with Crippen LogP contribution in [0.2, 0.25) is 0 Å². The summed E-state index contributed by atoms with van der Waals surface area (Å²) < 4.78 is 8.66. The van der Waals surface area contributed by atoms with Crippen LogP contribution < -0.4 is 20.9 Å². The van der Waals surface area contributed by atoms with E-state index in [1.807, 2.05) is 49.9 Å². The van der Waals surface area contributed by atoms with E-state index in [-0.39, 0.29) is 24.3 Å². The van der Waals surface area contributed by atoms with Gasteiger partial charge in [-0.3, -0.25) is 14.3 Å². The zero-order valence-electron chi connectivity index (χ0n) is 17.2. The van der Waals surface area contributed by atoms with Gasteiger partial charge in [0.1, 0.15) is 18.5 Å². The Morgan fingerprint density at radius 1 is 1.28 bits per heavy atom. The van der Waals surface area contributed by atoms with Gasteiger partial charge in [0, 0.05) is 20.1 Å². The van der Waals surface area contributed by atoms with Gasteiger partial charge in [0.05, 0.1) is 6.54 Å². The highest BCUT2D eigenvalue weighted by atomic mass is 16.5. The van der Waals surface area contributed by atoms with Crippen LogP contribution in [0.1, 0.15) is 19.4 Å². The average Bonchev–Trinajstić information content (AvgIpc) is 3.05. The van der Waals surface area contributed by atoms with Crippen LogP contribution in [0.5, 0.6) is 5.75 Å². The van der Waals surface area contributed by atoms with Gasteiger partial charge in [0.25, 0.3) is 5.56 Å². The molecule has 0 saturated carbocycles. The summed E-state index contributed by atoms with van der Waals surface area (Å²) in [6.45, 7) is 7.43. The highest BCUT2D eigenvalue weighted by Gasteiger charge is 2.22. The Morgan fingerprint density at radius 3 is 2.66 bits per heavy atom. The Bertz CT molecular complexity index is 1110. The van der Waals surface area contributed by atoms with E-state index < -0.39 is 17.4 Å². The molecule has 3 aromatic rings. The lowest BCUT2D eigenvalue weighted by Gasteiger charge is -2.22. The number of aliphatic hydroxyl groups is 1. The van der Waals surface area contributed by atoms with E-state index in [9.17, 15) is 14.7 Å². The molecule has 3 rings (SSSR count).